The smallest absolute Gasteiger partial charge is 0.224 e. The van der Waals surface area contributed by atoms with Gasteiger partial charge < -0.3 is 20.5 Å². The summed E-state index contributed by atoms with van der Waals surface area (Å²) in [6, 6.07) is 10.6. The third-order valence-electron chi connectivity index (χ3n) is 3.35. The molecule has 122 valence electrons. The number of hydrogen-bond acceptors (Lipinski definition) is 4. The van der Waals surface area contributed by atoms with Crippen LogP contribution in [0.2, 0.25) is 5.02 Å². The number of aryl methyl sites for hydroxylation is 1. The first-order valence-electron chi connectivity index (χ1n) is 7.09. The number of methoxy groups -OCH3 is 2. The number of amides is 1. The summed E-state index contributed by atoms with van der Waals surface area (Å²) >= 11 is 6.03. The van der Waals surface area contributed by atoms with Gasteiger partial charge in [0.1, 0.15) is 0 Å². The lowest BCUT2D eigenvalue weighted by atomic mass is 10.1. The van der Waals surface area contributed by atoms with E-state index in [9.17, 15) is 4.79 Å². The molecule has 0 aliphatic carbocycles. The maximum atomic E-state index is 12.1. The van der Waals surface area contributed by atoms with Crippen LogP contribution in [-0.2, 0) is 11.2 Å². The van der Waals surface area contributed by atoms with Gasteiger partial charge in [-0.05, 0) is 42.3 Å². The summed E-state index contributed by atoms with van der Waals surface area (Å²) in [5, 5.41) is 3.22. The molecule has 0 spiro atoms. The minimum absolute atomic E-state index is 0.132. The molecule has 2 aromatic rings. The van der Waals surface area contributed by atoms with Crippen LogP contribution in [0.1, 0.15) is 12.0 Å². The Bertz CT molecular complexity index is 704. The summed E-state index contributed by atoms with van der Waals surface area (Å²) in [4.78, 5) is 12.1. The van der Waals surface area contributed by atoms with Gasteiger partial charge in [-0.25, -0.2) is 0 Å². The number of rotatable bonds is 6. The number of anilines is 2. The largest absolute Gasteiger partial charge is 0.493 e. The van der Waals surface area contributed by atoms with Crippen LogP contribution in [-0.4, -0.2) is 20.1 Å². The zero-order valence-corrected chi connectivity index (χ0v) is 13.8. The molecule has 5 nitrogen and oxygen atoms in total. The van der Waals surface area contributed by atoms with Crippen molar-refractivity contribution < 1.29 is 14.3 Å². The highest BCUT2D eigenvalue weighted by molar-refractivity contribution is 6.33. The standard InChI is InChI=1S/C17H19ClN2O3/c1-22-15-7-3-11(9-16(15)23-2)4-8-17(21)20-14-10-12(19)5-6-13(14)18/h3,5-7,9-10H,4,8,19H2,1-2H3,(H,20,21). The second kappa shape index (κ2) is 7.74. The molecule has 0 aromatic heterocycles. The summed E-state index contributed by atoms with van der Waals surface area (Å²) < 4.78 is 10.4. The molecule has 6 heteroatoms. The van der Waals surface area contributed by atoms with Crippen LogP contribution in [0.5, 0.6) is 11.5 Å². The fourth-order valence-corrected chi connectivity index (χ4v) is 2.31. The van der Waals surface area contributed by atoms with Crippen LogP contribution in [0.25, 0.3) is 0 Å². The molecular formula is C17H19ClN2O3. The number of nitrogens with one attached hydrogen (secondary N) is 1. The highest BCUT2D eigenvalue weighted by Gasteiger charge is 2.09. The van der Waals surface area contributed by atoms with Gasteiger partial charge >= 0.3 is 0 Å². The monoisotopic (exact) mass is 334 g/mol. The van der Waals surface area contributed by atoms with Gasteiger partial charge in [-0.15, -0.1) is 0 Å². The van der Waals surface area contributed by atoms with Crippen molar-refractivity contribution in [1.82, 2.24) is 0 Å². The van der Waals surface area contributed by atoms with Crippen molar-refractivity contribution in [3.63, 3.8) is 0 Å². The van der Waals surface area contributed by atoms with Crippen molar-refractivity contribution in [3.05, 3.63) is 47.0 Å². The molecular weight excluding hydrogens is 316 g/mol. The van der Waals surface area contributed by atoms with E-state index in [1.807, 2.05) is 18.2 Å². The molecule has 0 saturated carbocycles. The minimum atomic E-state index is -0.132. The van der Waals surface area contributed by atoms with Crippen molar-refractivity contribution in [1.29, 1.82) is 0 Å². The summed E-state index contributed by atoms with van der Waals surface area (Å²) in [7, 11) is 3.16. The van der Waals surface area contributed by atoms with E-state index in [-0.39, 0.29) is 5.91 Å². The number of halogens is 1. The second-order valence-corrected chi connectivity index (χ2v) is 5.38. The highest BCUT2D eigenvalue weighted by Crippen LogP contribution is 2.28. The van der Waals surface area contributed by atoms with E-state index in [0.717, 1.165) is 5.56 Å². The van der Waals surface area contributed by atoms with Gasteiger partial charge in [-0.3, -0.25) is 4.79 Å². The van der Waals surface area contributed by atoms with Crippen LogP contribution < -0.4 is 20.5 Å². The zero-order valence-electron chi connectivity index (χ0n) is 13.1. The van der Waals surface area contributed by atoms with Crippen LogP contribution in [0, 0.1) is 0 Å². The molecule has 0 aliphatic heterocycles. The second-order valence-electron chi connectivity index (χ2n) is 4.98. The van der Waals surface area contributed by atoms with Gasteiger partial charge in [0.05, 0.1) is 24.9 Å². The van der Waals surface area contributed by atoms with E-state index in [1.165, 1.54) is 0 Å². The van der Waals surface area contributed by atoms with Gasteiger partial charge in [-0.1, -0.05) is 17.7 Å². The fourth-order valence-electron chi connectivity index (χ4n) is 2.15. The zero-order chi connectivity index (χ0) is 16.8. The van der Waals surface area contributed by atoms with Gasteiger partial charge in [0.25, 0.3) is 0 Å². The highest BCUT2D eigenvalue weighted by atomic mass is 35.5. The number of nitrogens with two attached hydrogens (primary N) is 1. The molecule has 23 heavy (non-hydrogen) atoms. The van der Waals surface area contributed by atoms with Gasteiger partial charge in [-0.2, -0.15) is 0 Å². The first-order chi connectivity index (χ1) is 11.0. The Morgan fingerprint density at radius 3 is 2.57 bits per heavy atom. The Labute approximate surface area is 140 Å². The average molecular weight is 335 g/mol. The van der Waals surface area contributed by atoms with Crippen LogP contribution in [0.4, 0.5) is 11.4 Å². The molecule has 0 radical (unpaired) electrons. The number of benzene rings is 2. The summed E-state index contributed by atoms with van der Waals surface area (Å²) in [6.07, 6.45) is 0.896. The molecule has 2 rings (SSSR count). The van der Waals surface area contributed by atoms with E-state index in [4.69, 9.17) is 26.8 Å². The number of carbonyl (C=O) groups is 1. The number of nitrogen functional groups attached to an aromatic ring is 1. The number of carbonyl (C=O) groups excluding carboxylic acids is 1. The van der Waals surface area contributed by atoms with Crippen molar-refractivity contribution in [2.75, 3.05) is 25.3 Å². The molecule has 0 atom stereocenters. The lowest BCUT2D eigenvalue weighted by Crippen LogP contribution is -2.13. The summed E-state index contributed by atoms with van der Waals surface area (Å²) in [6.45, 7) is 0. The molecule has 0 aliphatic rings. The van der Waals surface area contributed by atoms with E-state index < -0.39 is 0 Å². The molecule has 1 amide bonds. The Morgan fingerprint density at radius 2 is 1.87 bits per heavy atom. The Hall–Kier alpha value is -2.40. The summed E-state index contributed by atoms with van der Waals surface area (Å²) in [5.41, 5.74) is 7.74. The van der Waals surface area contributed by atoms with Crippen molar-refractivity contribution in [3.8, 4) is 11.5 Å². The van der Waals surface area contributed by atoms with Crippen molar-refractivity contribution >= 4 is 28.9 Å². The predicted octanol–water partition coefficient (Wildman–Crippen LogP) is 3.51. The maximum absolute atomic E-state index is 12.1. The normalized spacial score (nSPS) is 10.2. The van der Waals surface area contributed by atoms with E-state index >= 15 is 0 Å². The van der Waals surface area contributed by atoms with Crippen molar-refractivity contribution in [2.45, 2.75) is 12.8 Å². The fraction of sp³-hybridized carbons (Fsp3) is 0.235. The van der Waals surface area contributed by atoms with Crippen molar-refractivity contribution in [2.24, 2.45) is 0 Å². The Kier molecular flexibility index (Phi) is 5.71. The molecule has 0 unspecified atom stereocenters. The lowest BCUT2D eigenvalue weighted by molar-refractivity contribution is -0.116. The summed E-state index contributed by atoms with van der Waals surface area (Å²) in [5.74, 6) is 1.17. The van der Waals surface area contributed by atoms with Gasteiger partial charge in [0, 0.05) is 12.1 Å². The quantitative estimate of drug-likeness (QED) is 0.793. The number of ether oxygens (including phenoxy) is 2. The SMILES string of the molecule is COc1ccc(CCC(=O)Nc2cc(N)ccc2Cl)cc1OC. The maximum Gasteiger partial charge on any atom is 0.224 e. The molecule has 3 N–H and O–H groups in total. The van der Waals surface area contributed by atoms with Crippen LogP contribution in [0.15, 0.2) is 36.4 Å². The molecule has 0 fully saturated rings. The first kappa shape index (κ1) is 17.0. The Balaban J connectivity index is 1.98. The topological polar surface area (TPSA) is 73.6 Å². The average Bonchev–Trinajstić information content (AvgIpc) is 2.56. The van der Waals surface area contributed by atoms with E-state index in [2.05, 4.69) is 5.32 Å². The lowest BCUT2D eigenvalue weighted by Gasteiger charge is -2.10. The minimum Gasteiger partial charge on any atom is -0.493 e. The molecule has 2 aromatic carbocycles. The van der Waals surface area contributed by atoms with Crippen LogP contribution in [0.3, 0.4) is 0 Å². The van der Waals surface area contributed by atoms with Gasteiger partial charge in [0.2, 0.25) is 5.91 Å². The van der Waals surface area contributed by atoms with E-state index in [1.54, 1.807) is 32.4 Å². The third-order valence-corrected chi connectivity index (χ3v) is 3.68. The molecule has 0 saturated heterocycles. The predicted molar refractivity (Wildman–Crippen MR) is 92.4 cm³/mol. The first-order valence-corrected chi connectivity index (χ1v) is 7.47. The van der Waals surface area contributed by atoms with E-state index in [0.29, 0.717) is 40.7 Å². The van der Waals surface area contributed by atoms with Crippen LogP contribution >= 0.6 is 11.6 Å². The van der Waals surface area contributed by atoms with Gasteiger partial charge in [0.15, 0.2) is 11.5 Å². The molecule has 0 heterocycles. The Morgan fingerprint density at radius 1 is 1.13 bits per heavy atom. The third kappa shape index (κ3) is 4.53. The number of hydrogen-bond donors (Lipinski definition) is 2. The molecule has 0 bridgehead atoms.